The number of nitrogens with zero attached hydrogens (tertiary/aromatic N) is 6. The Labute approximate surface area is 202 Å². The molecule has 0 aliphatic carbocycles. The van der Waals surface area contributed by atoms with E-state index in [1.807, 2.05) is 64.5 Å². The minimum atomic E-state index is -0.193. The van der Waals surface area contributed by atoms with Crippen molar-refractivity contribution in [1.29, 1.82) is 0 Å². The molecule has 0 unspecified atom stereocenters. The standard InChI is InChI=1S/C25H27N9O/c1-15(2)34-14-19(10-29-34)25(35)31-20-7-5-6-17(8-20)16(3)30-22-12-27-24-23(32-22)21(11-26-24)18-9-28-33(4)13-18/h5-16H,1-4H3,(H,26,27)(H,30,32)(H,31,35)/t16-/m0/s1. The molecule has 5 rings (SSSR count). The first kappa shape index (κ1) is 22.3. The van der Waals surface area contributed by atoms with Crippen molar-refractivity contribution in [1.82, 2.24) is 34.5 Å². The lowest BCUT2D eigenvalue weighted by atomic mass is 10.1. The average Bonchev–Trinajstić information content (AvgIpc) is 3.58. The molecular weight excluding hydrogens is 442 g/mol. The van der Waals surface area contributed by atoms with E-state index < -0.39 is 0 Å². The van der Waals surface area contributed by atoms with E-state index >= 15 is 0 Å². The highest BCUT2D eigenvalue weighted by atomic mass is 16.1. The Morgan fingerprint density at radius 2 is 1.94 bits per heavy atom. The molecule has 1 aromatic carbocycles. The van der Waals surface area contributed by atoms with E-state index in [-0.39, 0.29) is 18.0 Å². The summed E-state index contributed by atoms with van der Waals surface area (Å²) in [5.74, 6) is 0.464. The van der Waals surface area contributed by atoms with Gasteiger partial charge in [-0.3, -0.25) is 14.2 Å². The van der Waals surface area contributed by atoms with E-state index in [2.05, 4.69) is 30.8 Å². The fourth-order valence-electron chi connectivity index (χ4n) is 3.87. The van der Waals surface area contributed by atoms with E-state index in [0.717, 1.165) is 22.2 Å². The number of hydrogen-bond acceptors (Lipinski definition) is 6. The number of aromatic amines is 1. The van der Waals surface area contributed by atoms with Crippen molar-refractivity contribution in [2.75, 3.05) is 10.6 Å². The molecule has 0 saturated carbocycles. The molecule has 1 atom stereocenters. The van der Waals surface area contributed by atoms with Crippen LogP contribution in [0.15, 0.2) is 61.4 Å². The van der Waals surface area contributed by atoms with E-state index in [4.69, 9.17) is 4.98 Å². The second-order valence-electron chi connectivity index (χ2n) is 8.81. The lowest BCUT2D eigenvalue weighted by Gasteiger charge is -2.16. The highest BCUT2D eigenvalue weighted by Gasteiger charge is 2.14. The molecule has 10 heteroatoms. The number of carbonyl (C=O) groups is 1. The second kappa shape index (κ2) is 9.05. The summed E-state index contributed by atoms with van der Waals surface area (Å²) in [6.07, 6.45) is 10.7. The fourth-order valence-corrected chi connectivity index (χ4v) is 3.87. The van der Waals surface area contributed by atoms with Crippen LogP contribution in [0, 0.1) is 0 Å². The summed E-state index contributed by atoms with van der Waals surface area (Å²) in [5, 5.41) is 14.9. The highest BCUT2D eigenvalue weighted by Crippen LogP contribution is 2.28. The Morgan fingerprint density at radius 1 is 1.09 bits per heavy atom. The smallest absolute Gasteiger partial charge is 0.258 e. The normalized spacial score (nSPS) is 12.3. The Kier molecular flexibility index (Phi) is 5.77. The van der Waals surface area contributed by atoms with Crippen LogP contribution in [0.3, 0.4) is 0 Å². The molecule has 0 spiro atoms. The van der Waals surface area contributed by atoms with Crippen LogP contribution in [0.25, 0.3) is 22.3 Å². The van der Waals surface area contributed by atoms with Crippen LogP contribution in [0.2, 0.25) is 0 Å². The van der Waals surface area contributed by atoms with E-state index in [1.54, 1.807) is 34.2 Å². The van der Waals surface area contributed by atoms with Gasteiger partial charge >= 0.3 is 0 Å². The molecule has 5 aromatic rings. The van der Waals surface area contributed by atoms with Crippen LogP contribution < -0.4 is 10.6 Å². The van der Waals surface area contributed by atoms with E-state index in [1.165, 1.54) is 0 Å². The van der Waals surface area contributed by atoms with Gasteiger partial charge in [0.2, 0.25) is 0 Å². The highest BCUT2D eigenvalue weighted by molar-refractivity contribution is 6.04. The average molecular weight is 470 g/mol. The monoisotopic (exact) mass is 469 g/mol. The topological polar surface area (TPSA) is 118 Å². The van der Waals surface area contributed by atoms with Crippen molar-refractivity contribution >= 4 is 28.6 Å². The second-order valence-corrected chi connectivity index (χ2v) is 8.81. The Hall–Kier alpha value is -4.47. The molecule has 0 saturated heterocycles. The van der Waals surface area contributed by atoms with Crippen LogP contribution in [-0.2, 0) is 7.05 Å². The predicted molar refractivity (Wildman–Crippen MR) is 135 cm³/mol. The van der Waals surface area contributed by atoms with Crippen LogP contribution in [0.5, 0.6) is 0 Å². The lowest BCUT2D eigenvalue weighted by Crippen LogP contribution is -2.13. The summed E-state index contributed by atoms with van der Waals surface area (Å²) in [6.45, 7) is 6.08. The Balaban J connectivity index is 1.32. The third kappa shape index (κ3) is 4.63. The molecule has 178 valence electrons. The van der Waals surface area contributed by atoms with Gasteiger partial charge in [0.15, 0.2) is 5.65 Å². The zero-order valence-electron chi connectivity index (χ0n) is 20.0. The molecule has 0 radical (unpaired) electrons. The first-order chi connectivity index (χ1) is 16.9. The molecule has 3 N–H and O–H groups in total. The molecule has 0 fully saturated rings. The summed E-state index contributed by atoms with van der Waals surface area (Å²) in [7, 11) is 1.88. The maximum Gasteiger partial charge on any atom is 0.258 e. The third-order valence-corrected chi connectivity index (χ3v) is 5.80. The van der Waals surface area contributed by atoms with E-state index in [9.17, 15) is 4.79 Å². The number of nitrogens with one attached hydrogen (secondary N) is 3. The van der Waals surface area contributed by atoms with Gasteiger partial charge < -0.3 is 15.6 Å². The van der Waals surface area contributed by atoms with Gasteiger partial charge in [0, 0.05) is 48.5 Å². The minimum Gasteiger partial charge on any atom is -0.362 e. The van der Waals surface area contributed by atoms with Gasteiger partial charge in [-0.15, -0.1) is 0 Å². The molecule has 35 heavy (non-hydrogen) atoms. The summed E-state index contributed by atoms with van der Waals surface area (Å²) in [5.41, 5.74) is 5.65. The minimum absolute atomic E-state index is 0.0666. The van der Waals surface area contributed by atoms with Crippen molar-refractivity contribution < 1.29 is 4.79 Å². The Bertz CT molecular complexity index is 1490. The first-order valence-electron chi connectivity index (χ1n) is 11.4. The number of amides is 1. The summed E-state index contributed by atoms with van der Waals surface area (Å²) < 4.78 is 3.52. The van der Waals surface area contributed by atoms with Crippen molar-refractivity contribution in [2.45, 2.75) is 32.9 Å². The maximum absolute atomic E-state index is 12.7. The van der Waals surface area contributed by atoms with Crippen molar-refractivity contribution in [3.63, 3.8) is 0 Å². The van der Waals surface area contributed by atoms with Gasteiger partial charge in [-0.1, -0.05) is 12.1 Å². The van der Waals surface area contributed by atoms with Crippen molar-refractivity contribution in [3.8, 4) is 11.1 Å². The number of rotatable bonds is 7. The van der Waals surface area contributed by atoms with Crippen LogP contribution in [-0.4, -0.2) is 40.4 Å². The predicted octanol–water partition coefficient (Wildman–Crippen LogP) is 4.56. The third-order valence-electron chi connectivity index (χ3n) is 5.80. The van der Waals surface area contributed by atoms with Gasteiger partial charge in [0.25, 0.3) is 5.91 Å². The molecule has 4 heterocycles. The van der Waals surface area contributed by atoms with Crippen LogP contribution >= 0.6 is 0 Å². The van der Waals surface area contributed by atoms with Gasteiger partial charge in [0.05, 0.1) is 30.2 Å². The van der Waals surface area contributed by atoms with Crippen LogP contribution in [0.4, 0.5) is 11.5 Å². The SMILES string of the molecule is CC(C)n1cc(C(=O)Nc2cccc([C@H](C)Nc3cnc4[nH]cc(-c5cnn(C)c5)c4n3)c2)cn1. The van der Waals surface area contributed by atoms with Crippen LogP contribution in [0.1, 0.15) is 48.8 Å². The lowest BCUT2D eigenvalue weighted by molar-refractivity contribution is 0.102. The molecular formula is C25H27N9O. The van der Waals surface area contributed by atoms with Gasteiger partial charge in [-0.25, -0.2) is 9.97 Å². The number of aromatic nitrogens is 7. The number of fused-ring (bicyclic) bond motifs is 1. The summed E-state index contributed by atoms with van der Waals surface area (Å²) in [4.78, 5) is 25.1. The molecule has 0 aliphatic heterocycles. The number of anilines is 2. The summed E-state index contributed by atoms with van der Waals surface area (Å²) in [6, 6.07) is 7.87. The first-order valence-corrected chi connectivity index (χ1v) is 11.4. The maximum atomic E-state index is 12.7. The molecule has 1 amide bonds. The zero-order valence-corrected chi connectivity index (χ0v) is 20.0. The molecule has 0 bridgehead atoms. The Morgan fingerprint density at radius 3 is 2.69 bits per heavy atom. The van der Waals surface area contributed by atoms with E-state index in [0.29, 0.717) is 22.7 Å². The van der Waals surface area contributed by atoms with Gasteiger partial charge in [0.1, 0.15) is 11.3 Å². The number of aryl methyl sites for hydroxylation is 1. The number of benzene rings is 1. The number of H-pyrrole nitrogens is 1. The number of carbonyl (C=O) groups excluding carboxylic acids is 1. The van der Waals surface area contributed by atoms with Crippen molar-refractivity contribution in [2.24, 2.45) is 7.05 Å². The largest absolute Gasteiger partial charge is 0.362 e. The summed E-state index contributed by atoms with van der Waals surface area (Å²) >= 11 is 0. The molecule has 0 aliphatic rings. The molecule has 4 aromatic heterocycles. The zero-order chi connectivity index (χ0) is 24.5. The van der Waals surface area contributed by atoms with Gasteiger partial charge in [-0.05, 0) is 38.5 Å². The van der Waals surface area contributed by atoms with Gasteiger partial charge in [-0.2, -0.15) is 10.2 Å². The number of hydrogen-bond donors (Lipinski definition) is 3. The fraction of sp³-hybridized carbons (Fsp3) is 0.240. The van der Waals surface area contributed by atoms with Crippen molar-refractivity contribution in [3.05, 3.63) is 72.6 Å². The quantitative estimate of drug-likeness (QED) is 0.322. The molecule has 10 nitrogen and oxygen atoms in total.